The van der Waals surface area contributed by atoms with E-state index >= 15 is 0 Å². The van der Waals surface area contributed by atoms with Gasteiger partial charge in [-0.2, -0.15) is 21.6 Å². The molecule has 0 aliphatic rings. The van der Waals surface area contributed by atoms with Crippen LogP contribution in [0.3, 0.4) is 0 Å². The van der Waals surface area contributed by atoms with Crippen LogP contribution in [0.2, 0.25) is 0 Å². The van der Waals surface area contributed by atoms with Gasteiger partial charge in [-0.25, -0.2) is 0 Å². The van der Waals surface area contributed by atoms with Crippen LogP contribution in [0.25, 0.3) is 11.0 Å². The number of carbonyl (C=O) groups excluding carboxylic acids is 1. The third kappa shape index (κ3) is 3.01. The van der Waals surface area contributed by atoms with Gasteiger partial charge in [-0.1, -0.05) is 12.1 Å². The molecule has 0 fully saturated rings. The Balaban J connectivity index is 2.43. The van der Waals surface area contributed by atoms with Crippen LogP contribution in [0.15, 0.2) is 28.9 Å². The number of para-hydroxylation sites is 1. The Kier molecular flexibility index (Phi) is 4.05. The number of esters is 1. The number of halogens is 3. The highest BCUT2D eigenvalue weighted by molar-refractivity contribution is 7.88. The lowest BCUT2D eigenvalue weighted by Crippen LogP contribution is -2.28. The van der Waals surface area contributed by atoms with Crippen molar-refractivity contribution in [3.05, 3.63) is 30.0 Å². The van der Waals surface area contributed by atoms with Crippen molar-refractivity contribution in [3.8, 4) is 5.75 Å². The molecule has 0 atom stereocenters. The molecule has 0 N–H and O–H groups in total. The second kappa shape index (κ2) is 5.52. The van der Waals surface area contributed by atoms with Crippen LogP contribution in [0.5, 0.6) is 5.75 Å². The van der Waals surface area contributed by atoms with Crippen molar-refractivity contribution in [2.45, 2.75) is 11.9 Å². The van der Waals surface area contributed by atoms with Gasteiger partial charge in [-0.3, -0.25) is 4.79 Å². The smallest absolute Gasteiger partial charge is 0.469 e. The van der Waals surface area contributed by atoms with Crippen LogP contribution < -0.4 is 4.18 Å². The molecule has 1 heterocycles. The SMILES string of the molecule is COC(=O)Cc1coc2c(OS(=O)(=O)C(F)(F)F)cccc12. The van der Waals surface area contributed by atoms with Crippen molar-refractivity contribution < 1.29 is 39.7 Å². The maximum absolute atomic E-state index is 12.3. The Morgan fingerprint density at radius 1 is 1.32 bits per heavy atom. The first-order valence-electron chi connectivity index (χ1n) is 5.72. The van der Waals surface area contributed by atoms with Crippen molar-refractivity contribution in [2.24, 2.45) is 0 Å². The molecule has 2 aromatic rings. The van der Waals surface area contributed by atoms with Crippen molar-refractivity contribution in [1.82, 2.24) is 0 Å². The van der Waals surface area contributed by atoms with E-state index < -0.39 is 27.3 Å². The van der Waals surface area contributed by atoms with Crippen LogP contribution in [-0.2, 0) is 26.1 Å². The number of hydrogen-bond acceptors (Lipinski definition) is 6. The molecule has 0 bridgehead atoms. The molecule has 22 heavy (non-hydrogen) atoms. The molecular formula is C12H9F3O6S. The Morgan fingerprint density at radius 3 is 2.59 bits per heavy atom. The second-order valence-electron chi connectivity index (χ2n) is 4.13. The van der Waals surface area contributed by atoms with Gasteiger partial charge in [0.05, 0.1) is 19.8 Å². The molecule has 0 radical (unpaired) electrons. The lowest BCUT2D eigenvalue weighted by atomic mass is 10.1. The van der Waals surface area contributed by atoms with Gasteiger partial charge in [0.1, 0.15) is 0 Å². The third-order valence-electron chi connectivity index (χ3n) is 2.69. The summed E-state index contributed by atoms with van der Waals surface area (Å²) >= 11 is 0. The zero-order valence-electron chi connectivity index (χ0n) is 11.0. The number of ether oxygens (including phenoxy) is 1. The Bertz CT molecular complexity index is 806. The normalized spacial score (nSPS) is 12.4. The first kappa shape index (κ1) is 16.1. The minimum atomic E-state index is -5.81. The Morgan fingerprint density at radius 2 is 2.00 bits per heavy atom. The van der Waals surface area contributed by atoms with E-state index in [9.17, 15) is 26.4 Å². The molecule has 0 saturated carbocycles. The van der Waals surface area contributed by atoms with Gasteiger partial charge in [0, 0.05) is 10.9 Å². The molecule has 0 spiro atoms. The summed E-state index contributed by atoms with van der Waals surface area (Å²) in [4.78, 5) is 11.2. The van der Waals surface area contributed by atoms with Crippen molar-refractivity contribution in [1.29, 1.82) is 0 Å². The number of carbonyl (C=O) groups is 1. The first-order valence-corrected chi connectivity index (χ1v) is 7.13. The molecule has 0 unspecified atom stereocenters. The molecule has 10 heteroatoms. The quantitative estimate of drug-likeness (QED) is 0.483. The molecule has 0 aliphatic heterocycles. The van der Waals surface area contributed by atoms with Crippen molar-refractivity contribution >= 4 is 27.1 Å². The number of alkyl halides is 3. The van der Waals surface area contributed by atoms with E-state index in [1.54, 1.807) is 0 Å². The number of benzene rings is 1. The fourth-order valence-corrected chi connectivity index (χ4v) is 2.14. The van der Waals surface area contributed by atoms with E-state index in [-0.39, 0.29) is 17.4 Å². The van der Waals surface area contributed by atoms with Gasteiger partial charge in [0.25, 0.3) is 0 Å². The predicted molar refractivity (Wildman–Crippen MR) is 67.5 cm³/mol. The molecule has 120 valence electrons. The summed E-state index contributed by atoms with van der Waals surface area (Å²) in [5, 5.41) is 0.250. The summed E-state index contributed by atoms with van der Waals surface area (Å²) in [6.07, 6.45) is 0.938. The monoisotopic (exact) mass is 338 g/mol. The molecular weight excluding hydrogens is 329 g/mol. The number of furan rings is 1. The minimum Gasteiger partial charge on any atom is -0.469 e. The summed E-state index contributed by atoms with van der Waals surface area (Å²) in [7, 11) is -4.64. The van der Waals surface area contributed by atoms with Gasteiger partial charge in [-0.15, -0.1) is 0 Å². The summed E-state index contributed by atoms with van der Waals surface area (Å²) in [5.74, 6) is -1.21. The number of methoxy groups -OCH3 is 1. The predicted octanol–water partition coefficient (Wildman–Crippen LogP) is 2.38. The molecule has 2 rings (SSSR count). The lowest BCUT2D eigenvalue weighted by Gasteiger charge is -2.09. The zero-order chi connectivity index (χ0) is 16.5. The van der Waals surface area contributed by atoms with Crippen LogP contribution >= 0.6 is 0 Å². The highest BCUT2D eigenvalue weighted by Gasteiger charge is 2.48. The zero-order valence-corrected chi connectivity index (χ0v) is 11.8. The maximum atomic E-state index is 12.3. The Labute approximate surface area is 122 Å². The van der Waals surface area contributed by atoms with Crippen LogP contribution in [0.1, 0.15) is 5.56 Å². The van der Waals surface area contributed by atoms with E-state index in [0.717, 1.165) is 12.3 Å². The average molecular weight is 338 g/mol. The lowest BCUT2D eigenvalue weighted by molar-refractivity contribution is -0.139. The van der Waals surface area contributed by atoms with Crippen LogP contribution in [0, 0.1) is 0 Å². The first-order chi connectivity index (χ1) is 10.2. The molecule has 0 amide bonds. The fraction of sp³-hybridized carbons (Fsp3) is 0.250. The molecule has 1 aromatic heterocycles. The van der Waals surface area contributed by atoms with Gasteiger partial charge in [0.15, 0.2) is 11.3 Å². The fourth-order valence-electron chi connectivity index (χ4n) is 1.68. The summed E-state index contributed by atoms with van der Waals surface area (Å²) in [6.45, 7) is 0. The summed E-state index contributed by atoms with van der Waals surface area (Å²) in [5.41, 5.74) is -5.44. The maximum Gasteiger partial charge on any atom is 0.534 e. The molecule has 0 saturated heterocycles. The number of hydrogen-bond donors (Lipinski definition) is 0. The molecule has 0 aliphatic carbocycles. The van der Waals surface area contributed by atoms with Crippen LogP contribution in [0.4, 0.5) is 13.2 Å². The van der Waals surface area contributed by atoms with Gasteiger partial charge in [-0.05, 0) is 6.07 Å². The molecule has 1 aromatic carbocycles. The van der Waals surface area contributed by atoms with E-state index in [2.05, 4.69) is 8.92 Å². The van der Waals surface area contributed by atoms with Gasteiger partial charge >= 0.3 is 21.6 Å². The minimum absolute atomic E-state index is 0.182. The number of rotatable bonds is 4. The number of fused-ring (bicyclic) bond motifs is 1. The van der Waals surface area contributed by atoms with E-state index in [4.69, 9.17) is 4.42 Å². The largest absolute Gasteiger partial charge is 0.534 e. The van der Waals surface area contributed by atoms with Gasteiger partial charge < -0.3 is 13.3 Å². The topological polar surface area (TPSA) is 82.8 Å². The highest BCUT2D eigenvalue weighted by Crippen LogP contribution is 2.34. The average Bonchev–Trinajstić information content (AvgIpc) is 2.81. The Hall–Kier alpha value is -2.23. The van der Waals surface area contributed by atoms with Gasteiger partial charge in [0.2, 0.25) is 0 Å². The highest BCUT2D eigenvalue weighted by atomic mass is 32.2. The summed E-state index contributed by atoms with van der Waals surface area (Å²) in [6, 6.07) is 3.74. The van der Waals surface area contributed by atoms with Crippen molar-refractivity contribution in [3.63, 3.8) is 0 Å². The van der Waals surface area contributed by atoms with Crippen LogP contribution in [-0.4, -0.2) is 27.0 Å². The third-order valence-corrected chi connectivity index (χ3v) is 3.66. The van der Waals surface area contributed by atoms with E-state index in [1.807, 2.05) is 0 Å². The summed E-state index contributed by atoms with van der Waals surface area (Å²) < 4.78 is 72.6. The van der Waals surface area contributed by atoms with E-state index in [0.29, 0.717) is 5.56 Å². The standard InChI is InChI=1S/C12H9F3O6S/c1-19-10(16)5-7-6-20-11-8(7)3-2-4-9(11)21-22(17,18)12(13,14)15/h2-4,6H,5H2,1H3. The second-order valence-corrected chi connectivity index (χ2v) is 5.67. The van der Waals surface area contributed by atoms with E-state index in [1.165, 1.54) is 19.2 Å². The van der Waals surface area contributed by atoms with Crippen molar-refractivity contribution in [2.75, 3.05) is 7.11 Å². The molecule has 6 nitrogen and oxygen atoms in total.